The van der Waals surface area contributed by atoms with E-state index in [0.717, 1.165) is 16.3 Å². The van der Waals surface area contributed by atoms with Crippen LogP contribution < -0.4 is 10.1 Å². The van der Waals surface area contributed by atoms with Crippen molar-refractivity contribution in [2.45, 2.75) is 5.92 Å². The first-order valence-electron chi connectivity index (χ1n) is 7.28. The number of hydrogen-bond acceptors (Lipinski definition) is 3. The molecule has 1 amide bonds. The summed E-state index contributed by atoms with van der Waals surface area (Å²) in [5.74, 6) is 0.220. The zero-order valence-electron chi connectivity index (χ0n) is 12.1. The van der Waals surface area contributed by atoms with Gasteiger partial charge in [0.15, 0.2) is 0 Å². The van der Waals surface area contributed by atoms with Gasteiger partial charge in [0.1, 0.15) is 18.3 Å². The van der Waals surface area contributed by atoms with E-state index in [1.54, 1.807) is 30.6 Å². The second-order valence-electron chi connectivity index (χ2n) is 5.44. The average Bonchev–Trinajstić information content (AvgIpc) is 2.98. The number of carbonyl (C=O) groups is 1. The van der Waals surface area contributed by atoms with Gasteiger partial charge in [-0.1, -0.05) is 35.9 Å². The first kappa shape index (κ1) is 14.0. The number of benzene rings is 2. The van der Waals surface area contributed by atoms with E-state index in [1.807, 2.05) is 24.3 Å². The normalized spacial score (nSPS) is 16.0. The quantitative estimate of drug-likeness (QED) is 0.775. The van der Waals surface area contributed by atoms with Crippen LogP contribution in [0.5, 0.6) is 5.75 Å². The standard InChI is InChI=1S/C18H13ClN2O2/c19-12-5-6-17-14(7-12)15(10-23-17)18(22)21-16-9-20-8-11-3-1-2-4-13(11)16/h1-9,15H,10H2,(H,21,22). The molecule has 5 heteroatoms. The summed E-state index contributed by atoms with van der Waals surface area (Å²) in [6.45, 7) is 0.319. The molecule has 0 bridgehead atoms. The lowest BCUT2D eigenvalue weighted by molar-refractivity contribution is -0.117. The van der Waals surface area contributed by atoms with Crippen LogP contribution in [0.3, 0.4) is 0 Å². The highest BCUT2D eigenvalue weighted by Gasteiger charge is 2.30. The molecule has 1 N–H and O–H groups in total. The lowest BCUT2D eigenvalue weighted by Gasteiger charge is -2.12. The topological polar surface area (TPSA) is 51.2 Å². The smallest absolute Gasteiger partial charge is 0.235 e. The van der Waals surface area contributed by atoms with Gasteiger partial charge >= 0.3 is 0 Å². The molecule has 0 aliphatic carbocycles. The number of nitrogens with one attached hydrogen (secondary N) is 1. The zero-order chi connectivity index (χ0) is 15.8. The van der Waals surface area contributed by atoms with Crippen molar-refractivity contribution in [3.8, 4) is 5.75 Å². The third-order valence-electron chi connectivity index (χ3n) is 4.00. The van der Waals surface area contributed by atoms with Crippen LogP contribution in [0.15, 0.2) is 54.9 Å². The third kappa shape index (κ3) is 2.51. The van der Waals surface area contributed by atoms with Crippen molar-refractivity contribution in [3.05, 3.63) is 65.4 Å². The van der Waals surface area contributed by atoms with Gasteiger partial charge in [0, 0.05) is 27.6 Å². The fourth-order valence-electron chi connectivity index (χ4n) is 2.84. The summed E-state index contributed by atoms with van der Waals surface area (Å²) in [5, 5.41) is 5.50. The van der Waals surface area contributed by atoms with Gasteiger partial charge in [0.25, 0.3) is 0 Å². The van der Waals surface area contributed by atoms with Gasteiger partial charge in [0.2, 0.25) is 5.91 Å². The molecule has 0 saturated heterocycles. The van der Waals surface area contributed by atoms with Gasteiger partial charge in [-0.15, -0.1) is 0 Å². The molecule has 0 spiro atoms. The van der Waals surface area contributed by atoms with Crippen LogP contribution in [-0.4, -0.2) is 17.5 Å². The molecule has 1 aliphatic rings. The highest BCUT2D eigenvalue weighted by atomic mass is 35.5. The number of carbonyl (C=O) groups excluding carboxylic acids is 1. The largest absolute Gasteiger partial charge is 0.492 e. The van der Waals surface area contributed by atoms with E-state index in [9.17, 15) is 4.79 Å². The van der Waals surface area contributed by atoms with Crippen LogP contribution in [-0.2, 0) is 4.79 Å². The minimum atomic E-state index is -0.373. The Hall–Kier alpha value is -2.59. The number of fused-ring (bicyclic) bond motifs is 2. The monoisotopic (exact) mass is 324 g/mol. The van der Waals surface area contributed by atoms with Crippen molar-refractivity contribution < 1.29 is 9.53 Å². The van der Waals surface area contributed by atoms with Crippen molar-refractivity contribution in [2.24, 2.45) is 0 Å². The van der Waals surface area contributed by atoms with E-state index >= 15 is 0 Å². The van der Waals surface area contributed by atoms with Gasteiger partial charge in [-0.05, 0) is 18.2 Å². The maximum atomic E-state index is 12.7. The molecule has 0 fully saturated rings. The fourth-order valence-corrected chi connectivity index (χ4v) is 3.02. The molecule has 1 aliphatic heterocycles. The molecule has 23 heavy (non-hydrogen) atoms. The molecular formula is C18H13ClN2O2. The van der Waals surface area contributed by atoms with Crippen LogP contribution in [0.25, 0.3) is 10.8 Å². The predicted octanol–water partition coefficient (Wildman–Crippen LogP) is 4.00. The second-order valence-corrected chi connectivity index (χ2v) is 5.88. The molecule has 2 heterocycles. The Morgan fingerprint density at radius 2 is 2.09 bits per heavy atom. The van der Waals surface area contributed by atoms with Gasteiger partial charge in [-0.25, -0.2) is 0 Å². The minimum Gasteiger partial charge on any atom is -0.492 e. The van der Waals surface area contributed by atoms with Crippen molar-refractivity contribution >= 4 is 34.0 Å². The molecule has 1 unspecified atom stereocenters. The van der Waals surface area contributed by atoms with E-state index < -0.39 is 0 Å². The SMILES string of the molecule is O=C(Nc1cncc2ccccc12)C1COc2ccc(Cl)cc21. The second kappa shape index (κ2) is 5.56. The number of rotatable bonds is 2. The van der Waals surface area contributed by atoms with E-state index in [1.165, 1.54) is 0 Å². The van der Waals surface area contributed by atoms with E-state index in [2.05, 4.69) is 10.3 Å². The average molecular weight is 325 g/mol. The lowest BCUT2D eigenvalue weighted by Crippen LogP contribution is -2.22. The molecule has 0 radical (unpaired) electrons. The van der Waals surface area contributed by atoms with Crippen LogP contribution in [0.2, 0.25) is 5.02 Å². The Balaban J connectivity index is 1.65. The highest BCUT2D eigenvalue weighted by Crippen LogP contribution is 2.36. The fraction of sp³-hybridized carbons (Fsp3) is 0.111. The number of nitrogens with zero attached hydrogens (tertiary/aromatic N) is 1. The Kier molecular flexibility index (Phi) is 3.39. The number of hydrogen-bond donors (Lipinski definition) is 1. The summed E-state index contributed by atoms with van der Waals surface area (Å²) in [6.07, 6.45) is 3.44. The molecular weight excluding hydrogens is 312 g/mol. The zero-order valence-corrected chi connectivity index (χ0v) is 12.9. The van der Waals surface area contributed by atoms with Crippen molar-refractivity contribution in [1.29, 1.82) is 0 Å². The number of amides is 1. The molecule has 114 valence electrons. The van der Waals surface area contributed by atoms with Gasteiger partial charge in [-0.3, -0.25) is 9.78 Å². The van der Waals surface area contributed by atoms with Gasteiger partial charge in [0.05, 0.1) is 11.9 Å². The van der Waals surface area contributed by atoms with Crippen LogP contribution >= 0.6 is 11.6 Å². The van der Waals surface area contributed by atoms with Gasteiger partial charge < -0.3 is 10.1 Å². The van der Waals surface area contributed by atoms with Crippen LogP contribution in [0.1, 0.15) is 11.5 Å². The Morgan fingerprint density at radius 1 is 1.22 bits per heavy atom. The molecule has 0 saturated carbocycles. The molecule has 1 atom stereocenters. The first-order valence-corrected chi connectivity index (χ1v) is 7.66. The Bertz CT molecular complexity index is 905. The highest BCUT2D eigenvalue weighted by molar-refractivity contribution is 6.30. The summed E-state index contributed by atoms with van der Waals surface area (Å²) < 4.78 is 5.58. The summed E-state index contributed by atoms with van der Waals surface area (Å²) >= 11 is 6.03. The molecule has 4 rings (SSSR count). The van der Waals surface area contributed by atoms with Crippen molar-refractivity contribution in [2.75, 3.05) is 11.9 Å². The Morgan fingerprint density at radius 3 is 3.00 bits per heavy atom. The van der Waals surface area contributed by atoms with Crippen LogP contribution in [0.4, 0.5) is 5.69 Å². The minimum absolute atomic E-state index is 0.121. The lowest BCUT2D eigenvalue weighted by atomic mass is 10.0. The maximum absolute atomic E-state index is 12.7. The number of aromatic nitrogens is 1. The molecule has 1 aromatic heterocycles. The van der Waals surface area contributed by atoms with Crippen molar-refractivity contribution in [3.63, 3.8) is 0 Å². The number of anilines is 1. The predicted molar refractivity (Wildman–Crippen MR) is 90.1 cm³/mol. The number of ether oxygens (including phenoxy) is 1. The summed E-state index contributed by atoms with van der Waals surface area (Å²) in [5.41, 5.74) is 1.52. The molecule has 3 aromatic rings. The van der Waals surface area contributed by atoms with E-state index in [0.29, 0.717) is 23.1 Å². The van der Waals surface area contributed by atoms with E-state index in [4.69, 9.17) is 16.3 Å². The maximum Gasteiger partial charge on any atom is 0.235 e. The molecule has 2 aromatic carbocycles. The number of halogens is 1. The summed E-state index contributed by atoms with van der Waals surface area (Å²) in [6, 6.07) is 13.1. The Labute approximate surface area is 138 Å². The first-order chi connectivity index (χ1) is 11.2. The summed E-state index contributed by atoms with van der Waals surface area (Å²) in [7, 11) is 0. The third-order valence-corrected chi connectivity index (χ3v) is 4.23. The van der Waals surface area contributed by atoms with Crippen LogP contribution in [0, 0.1) is 0 Å². The summed E-state index contributed by atoms with van der Waals surface area (Å²) in [4.78, 5) is 16.9. The van der Waals surface area contributed by atoms with Gasteiger partial charge in [-0.2, -0.15) is 0 Å². The van der Waals surface area contributed by atoms with E-state index in [-0.39, 0.29) is 11.8 Å². The van der Waals surface area contributed by atoms with Crippen molar-refractivity contribution in [1.82, 2.24) is 4.98 Å². The molecule has 4 nitrogen and oxygen atoms in total. The number of pyridine rings is 1.